The van der Waals surface area contributed by atoms with Gasteiger partial charge < -0.3 is 14.5 Å². The van der Waals surface area contributed by atoms with Gasteiger partial charge in [0.15, 0.2) is 11.9 Å². The Morgan fingerprint density at radius 1 is 1.15 bits per heavy atom. The van der Waals surface area contributed by atoms with Gasteiger partial charge >= 0.3 is 11.9 Å². The van der Waals surface area contributed by atoms with Gasteiger partial charge in [0, 0.05) is 48.7 Å². The largest absolute Gasteiger partial charge is 0.469 e. The van der Waals surface area contributed by atoms with Crippen molar-refractivity contribution in [3.63, 3.8) is 0 Å². The summed E-state index contributed by atoms with van der Waals surface area (Å²) in [6.07, 6.45) is 3.53. The monoisotopic (exact) mass is 465 g/mol. The number of rotatable bonds is 3. The Labute approximate surface area is 198 Å². The standard InChI is InChI=1S/C27H31NO6/c1-14(29)34-23-12-20(26(32)33-3)27(2)9-8-17-18(24(27)25(23)31)10-15(11-22(17)30)19-13-28-21-7-5-4-6-16(19)21/h4-7,13,15,17-18,20,23-24,28H,8-12H2,1-3H3/t15-,17-,18+,20+,23+,24+,27+/m1/s1. The first-order chi connectivity index (χ1) is 16.2. The van der Waals surface area contributed by atoms with Gasteiger partial charge in [0.05, 0.1) is 13.0 Å². The molecule has 0 spiro atoms. The van der Waals surface area contributed by atoms with E-state index in [0.29, 0.717) is 25.7 Å². The van der Waals surface area contributed by atoms with Crippen LogP contribution in [0.2, 0.25) is 0 Å². The number of benzene rings is 1. The second-order valence-electron chi connectivity index (χ2n) is 10.5. The number of aromatic nitrogens is 1. The normalized spacial score (nSPS) is 35.4. The highest BCUT2D eigenvalue weighted by atomic mass is 16.5. The highest BCUT2D eigenvalue weighted by Gasteiger charge is 2.62. The number of carbonyl (C=O) groups excluding carboxylic acids is 4. The van der Waals surface area contributed by atoms with Crippen molar-refractivity contribution in [1.82, 2.24) is 4.98 Å². The fourth-order valence-corrected chi connectivity index (χ4v) is 7.27. The predicted octanol–water partition coefficient (Wildman–Crippen LogP) is 3.96. The summed E-state index contributed by atoms with van der Waals surface area (Å²) in [7, 11) is 1.35. The van der Waals surface area contributed by atoms with E-state index in [9.17, 15) is 19.2 Å². The average Bonchev–Trinajstić information content (AvgIpc) is 3.24. The number of hydrogen-bond donors (Lipinski definition) is 1. The van der Waals surface area contributed by atoms with Crippen molar-refractivity contribution in [3.8, 4) is 0 Å². The highest BCUT2D eigenvalue weighted by molar-refractivity contribution is 5.93. The molecule has 3 aliphatic carbocycles. The summed E-state index contributed by atoms with van der Waals surface area (Å²) < 4.78 is 10.5. The van der Waals surface area contributed by atoms with Crippen LogP contribution in [0.4, 0.5) is 0 Å². The number of fused-ring (bicyclic) bond motifs is 4. The molecule has 7 heteroatoms. The Morgan fingerprint density at radius 3 is 2.65 bits per heavy atom. The van der Waals surface area contributed by atoms with Crippen LogP contribution in [0, 0.1) is 29.1 Å². The van der Waals surface area contributed by atoms with Gasteiger partial charge in [0.2, 0.25) is 0 Å². The minimum atomic E-state index is -0.984. The maximum atomic E-state index is 13.8. The van der Waals surface area contributed by atoms with Crippen molar-refractivity contribution >= 4 is 34.4 Å². The molecule has 7 atom stereocenters. The zero-order valence-electron chi connectivity index (χ0n) is 19.8. The maximum Gasteiger partial charge on any atom is 0.309 e. The number of para-hydroxylation sites is 1. The van der Waals surface area contributed by atoms with E-state index in [1.165, 1.54) is 14.0 Å². The second-order valence-corrected chi connectivity index (χ2v) is 10.5. The number of aromatic amines is 1. The number of H-pyrrole nitrogens is 1. The third-order valence-electron chi connectivity index (χ3n) is 8.79. The molecular formula is C27H31NO6. The van der Waals surface area contributed by atoms with Crippen LogP contribution in [0.3, 0.4) is 0 Å². The molecular weight excluding hydrogens is 434 g/mol. The zero-order valence-corrected chi connectivity index (χ0v) is 19.8. The number of ketones is 2. The molecule has 0 bridgehead atoms. The topological polar surface area (TPSA) is 103 Å². The molecule has 7 nitrogen and oxygen atoms in total. The molecule has 3 aliphatic rings. The molecule has 0 saturated heterocycles. The van der Waals surface area contributed by atoms with Crippen molar-refractivity contribution in [2.45, 2.75) is 58.0 Å². The van der Waals surface area contributed by atoms with Crippen LogP contribution in [0.1, 0.15) is 57.4 Å². The first-order valence-corrected chi connectivity index (χ1v) is 12.1. The van der Waals surface area contributed by atoms with Crippen molar-refractivity contribution < 1.29 is 28.7 Å². The maximum absolute atomic E-state index is 13.8. The van der Waals surface area contributed by atoms with E-state index in [2.05, 4.69) is 11.1 Å². The molecule has 2 aromatic rings. The van der Waals surface area contributed by atoms with Gasteiger partial charge in [0.25, 0.3) is 0 Å². The Hall–Kier alpha value is -2.96. The molecule has 0 radical (unpaired) electrons. The van der Waals surface area contributed by atoms with Crippen LogP contribution in [0.25, 0.3) is 10.9 Å². The molecule has 180 valence electrons. The van der Waals surface area contributed by atoms with Crippen molar-refractivity contribution in [2.75, 3.05) is 7.11 Å². The fraction of sp³-hybridized carbons (Fsp3) is 0.556. The molecule has 0 unspecified atom stereocenters. The van der Waals surface area contributed by atoms with Gasteiger partial charge in [-0.15, -0.1) is 0 Å². The lowest BCUT2D eigenvalue weighted by Gasteiger charge is -2.56. The number of hydrogen-bond acceptors (Lipinski definition) is 6. The SMILES string of the molecule is COC(=O)[C@@H]1C[C@H](OC(C)=O)C(=O)[C@@H]2[C@H]3C[C@@H](c4c[nH]c5ccccc45)CC(=O)[C@@H]3CC[C@]21C. The lowest BCUT2D eigenvalue weighted by molar-refractivity contribution is -0.183. The van der Waals surface area contributed by atoms with Gasteiger partial charge in [-0.25, -0.2) is 0 Å². The molecule has 0 aliphatic heterocycles. The van der Waals surface area contributed by atoms with Gasteiger partial charge in [-0.3, -0.25) is 19.2 Å². The first-order valence-electron chi connectivity index (χ1n) is 12.1. The summed E-state index contributed by atoms with van der Waals surface area (Å²) in [5.41, 5.74) is 1.48. The second kappa shape index (κ2) is 8.36. The molecule has 5 rings (SSSR count). The van der Waals surface area contributed by atoms with Crippen LogP contribution in [-0.2, 0) is 28.7 Å². The summed E-state index contributed by atoms with van der Waals surface area (Å²) in [5.74, 6) is -2.41. The lowest BCUT2D eigenvalue weighted by Crippen LogP contribution is -2.60. The summed E-state index contributed by atoms with van der Waals surface area (Å²) in [6, 6.07) is 8.03. The van der Waals surface area contributed by atoms with Crippen LogP contribution in [0.15, 0.2) is 30.5 Å². The number of nitrogens with one attached hydrogen (secondary N) is 1. The van der Waals surface area contributed by atoms with Crippen molar-refractivity contribution in [3.05, 3.63) is 36.0 Å². The minimum absolute atomic E-state index is 0.00858. The Balaban J connectivity index is 1.55. The van der Waals surface area contributed by atoms with E-state index >= 15 is 0 Å². The number of Topliss-reactive ketones (excluding diaryl/α,β-unsaturated/α-hetero) is 2. The molecule has 0 amide bonds. The van der Waals surface area contributed by atoms with Gasteiger partial charge in [-0.2, -0.15) is 0 Å². The fourth-order valence-electron chi connectivity index (χ4n) is 7.27. The van der Waals surface area contributed by atoms with Crippen LogP contribution in [0.5, 0.6) is 0 Å². The number of carbonyl (C=O) groups is 4. The minimum Gasteiger partial charge on any atom is -0.469 e. The van der Waals surface area contributed by atoms with E-state index in [1.54, 1.807) is 0 Å². The predicted molar refractivity (Wildman–Crippen MR) is 124 cm³/mol. The highest BCUT2D eigenvalue weighted by Crippen LogP contribution is 2.60. The summed E-state index contributed by atoms with van der Waals surface area (Å²) in [6.45, 7) is 3.26. The third kappa shape index (κ3) is 3.48. The summed E-state index contributed by atoms with van der Waals surface area (Å²) in [5, 5.41) is 1.09. The van der Waals surface area contributed by atoms with Crippen LogP contribution in [-0.4, -0.2) is 41.7 Å². The van der Waals surface area contributed by atoms with E-state index in [4.69, 9.17) is 9.47 Å². The summed E-state index contributed by atoms with van der Waals surface area (Å²) >= 11 is 0. The van der Waals surface area contributed by atoms with Gasteiger partial charge in [0.1, 0.15) is 5.78 Å². The molecule has 3 fully saturated rings. The van der Waals surface area contributed by atoms with E-state index in [0.717, 1.165) is 16.5 Å². The van der Waals surface area contributed by atoms with Gasteiger partial charge in [-0.05, 0) is 48.1 Å². The number of esters is 2. The Morgan fingerprint density at radius 2 is 1.91 bits per heavy atom. The van der Waals surface area contributed by atoms with Crippen LogP contribution >= 0.6 is 0 Å². The quantitative estimate of drug-likeness (QED) is 0.689. The van der Waals surface area contributed by atoms with Gasteiger partial charge in [-0.1, -0.05) is 25.1 Å². The Bertz CT molecular complexity index is 1170. The molecule has 34 heavy (non-hydrogen) atoms. The average molecular weight is 466 g/mol. The summed E-state index contributed by atoms with van der Waals surface area (Å²) in [4.78, 5) is 55.1. The lowest BCUT2D eigenvalue weighted by atomic mass is 9.46. The number of methoxy groups -OCH3 is 1. The smallest absolute Gasteiger partial charge is 0.309 e. The van der Waals surface area contributed by atoms with Crippen molar-refractivity contribution in [1.29, 1.82) is 0 Å². The molecule has 1 aromatic carbocycles. The molecule has 3 saturated carbocycles. The first kappa shape index (κ1) is 22.8. The Kier molecular flexibility index (Phi) is 5.61. The van der Waals surface area contributed by atoms with E-state index in [1.807, 2.05) is 31.3 Å². The van der Waals surface area contributed by atoms with E-state index < -0.39 is 29.3 Å². The number of ether oxygens (including phenoxy) is 2. The van der Waals surface area contributed by atoms with Crippen molar-refractivity contribution in [2.24, 2.45) is 29.1 Å². The molecule has 1 heterocycles. The zero-order chi connectivity index (χ0) is 24.2. The van der Waals surface area contributed by atoms with E-state index in [-0.39, 0.29) is 41.7 Å². The van der Waals surface area contributed by atoms with Crippen LogP contribution < -0.4 is 0 Å². The molecule has 1 aromatic heterocycles. The molecule has 1 N–H and O–H groups in total. The third-order valence-corrected chi connectivity index (χ3v) is 8.79.